The van der Waals surface area contributed by atoms with Crippen LogP contribution in [0, 0.1) is 11.3 Å². The third kappa shape index (κ3) is 3.03. The van der Waals surface area contributed by atoms with Gasteiger partial charge in [0.15, 0.2) is 0 Å². The zero-order valence-electron chi connectivity index (χ0n) is 14.1. The number of piperidine rings is 1. The quantitative estimate of drug-likeness (QED) is 0.933. The molecule has 1 aromatic heterocycles. The summed E-state index contributed by atoms with van der Waals surface area (Å²) in [5.41, 5.74) is 2.66. The van der Waals surface area contributed by atoms with E-state index in [9.17, 15) is 4.79 Å². The minimum atomic E-state index is -0.0404. The molecular formula is C19H21N5O. The fraction of sp³-hybridized carbons (Fsp3) is 0.421. The number of H-pyrrole nitrogens is 1. The van der Waals surface area contributed by atoms with Gasteiger partial charge in [-0.2, -0.15) is 10.4 Å². The molecule has 2 aromatic rings. The van der Waals surface area contributed by atoms with Crippen LogP contribution in [-0.2, 0) is 4.79 Å². The van der Waals surface area contributed by atoms with E-state index in [0.717, 1.165) is 44.6 Å². The number of carbonyl (C=O) groups excluding carboxylic acids is 1. The van der Waals surface area contributed by atoms with E-state index in [4.69, 9.17) is 5.26 Å². The summed E-state index contributed by atoms with van der Waals surface area (Å²) in [4.78, 5) is 17.1. The van der Waals surface area contributed by atoms with Crippen LogP contribution in [0.4, 0.5) is 5.69 Å². The number of nitriles is 1. The summed E-state index contributed by atoms with van der Waals surface area (Å²) < 4.78 is 0. The number of benzene rings is 1. The number of hydrogen-bond acceptors (Lipinski definition) is 4. The summed E-state index contributed by atoms with van der Waals surface area (Å²) in [6.07, 6.45) is 4.89. The Hall–Kier alpha value is -2.65. The topological polar surface area (TPSA) is 76.0 Å². The predicted molar refractivity (Wildman–Crippen MR) is 94.1 cm³/mol. The molecule has 0 unspecified atom stereocenters. The van der Waals surface area contributed by atoms with E-state index in [1.165, 1.54) is 5.69 Å². The van der Waals surface area contributed by atoms with Gasteiger partial charge in [-0.25, -0.2) is 0 Å². The molecule has 0 aliphatic carbocycles. The third-order valence-corrected chi connectivity index (χ3v) is 5.34. The number of anilines is 1. The summed E-state index contributed by atoms with van der Waals surface area (Å²) in [6.45, 7) is 2.61. The van der Waals surface area contributed by atoms with E-state index in [1.54, 1.807) is 18.3 Å². The Morgan fingerprint density at radius 1 is 1.16 bits per heavy atom. The number of aromatic nitrogens is 2. The fourth-order valence-electron chi connectivity index (χ4n) is 4.01. The molecule has 0 spiro atoms. The average molecular weight is 335 g/mol. The molecule has 6 heteroatoms. The summed E-state index contributed by atoms with van der Waals surface area (Å²) in [5.74, 6) is 0.600. The zero-order valence-corrected chi connectivity index (χ0v) is 14.1. The van der Waals surface area contributed by atoms with Crippen LogP contribution in [0.2, 0.25) is 0 Å². The van der Waals surface area contributed by atoms with Crippen LogP contribution >= 0.6 is 0 Å². The van der Waals surface area contributed by atoms with E-state index in [0.29, 0.717) is 11.5 Å². The maximum atomic E-state index is 13.0. The maximum Gasteiger partial charge on any atom is 0.244 e. The van der Waals surface area contributed by atoms with Gasteiger partial charge in [0.05, 0.1) is 17.7 Å². The number of likely N-dealkylation sites (tertiary alicyclic amines) is 1. The van der Waals surface area contributed by atoms with Crippen molar-refractivity contribution in [3.8, 4) is 6.07 Å². The van der Waals surface area contributed by atoms with Gasteiger partial charge < -0.3 is 4.90 Å². The third-order valence-electron chi connectivity index (χ3n) is 5.34. The summed E-state index contributed by atoms with van der Waals surface area (Å²) in [6, 6.07) is 11.4. The molecule has 2 aliphatic heterocycles. The first kappa shape index (κ1) is 15.9. The SMILES string of the molecule is N#Cc1ccc(N2CC[C@H](N3CCC[C@@H](c4ccn[nH]4)C3)C2=O)cc1. The van der Waals surface area contributed by atoms with Crippen LogP contribution in [-0.4, -0.2) is 46.7 Å². The molecule has 0 radical (unpaired) electrons. The van der Waals surface area contributed by atoms with Gasteiger partial charge >= 0.3 is 0 Å². The van der Waals surface area contributed by atoms with Crippen molar-refractivity contribution in [3.63, 3.8) is 0 Å². The van der Waals surface area contributed by atoms with Crippen molar-refractivity contribution in [1.82, 2.24) is 15.1 Å². The normalized spacial score (nSPS) is 24.4. The molecule has 2 aliphatic rings. The minimum absolute atomic E-state index is 0.0404. The average Bonchev–Trinajstić information content (AvgIpc) is 3.32. The highest BCUT2D eigenvalue weighted by Crippen LogP contribution is 2.31. The van der Waals surface area contributed by atoms with Crippen molar-refractivity contribution in [2.24, 2.45) is 0 Å². The monoisotopic (exact) mass is 335 g/mol. The fourth-order valence-corrected chi connectivity index (χ4v) is 4.01. The van der Waals surface area contributed by atoms with Crippen molar-refractivity contribution in [1.29, 1.82) is 5.26 Å². The van der Waals surface area contributed by atoms with Gasteiger partial charge in [-0.1, -0.05) is 0 Å². The molecule has 3 heterocycles. The van der Waals surface area contributed by atoms with Crippen molar-refractivity contribution in [2.75, 3.05) is 24.5 Å². The molecule has 0 saturated carbocycles. The van der Waals surface area contributed by atoms with E-state index in [-0.39, 0.29) is 11.9 Å². The zero-order chi connectivity index (χ0) is 17.2. The summed E-state index contributed by atoms with van der Waals surface area (Å²) in [5, 5.41) is 16.1. The molecule has 0 bridgehead atoms. The summed E-state index contributed by atoms with van der Waals surface area (Å²) >= 11 is 0. The molecule has 2 fully saturated rings. The van der Waals surface area contributed by atoms with Gasteiger partial charge in [0.25, 0.3) is 0 Å². The van der Waals surface area contributed by atoms with Crippen LogP contribution in [0.3, 0.4) is 0 Å². The molecule has 1 aromatic carbocycles. The van der Waals surface area contributed by atoms with Gasteiger partial charge in [-0.15, -0.1) is 0 Å². The second-order valence-electron chi connectivity index (χ2n) is 6.80. The molecule has 128 valence electrons. The molecule has 4 rings (SSSR count). The van der Waals surface area contributed by atoms with E-state index in [2.05, 4.69) is 21.2 Å². The molecule has 25 heavy (non-hydrogen) atoms. The molecule has 6 nitrogen and oxygen atoms in total. The largest absolute Gasteiger partial charge is 0.311 e. The van der Waals surface area contributed by atoms with E-state index in [1.807, 2.05) is 23.1 Å². The van der Waals surface area contributed by atoms with E-state index >= 15 is 0 Å². The van der Waals surface area contributed by atoms with Gasteiger partial charge in [0.1, 0.15) is 0 Å². The number of amides is 1. The Kier molecular flexibility index (Phi) is 4.24. The van der Waals surface area contributed by atoms with E-state index < -0.39 is 0 Å². The number of aromatic amines is 1. The molecule has 1 amide bonds. The lowest BCUT2D eigenvalue weighted by Crippen LogP contribution is -2.46. The van der Waals surface area contributed by atoms with Gasteiger partial charge in [0, 0.05) is 36.6 Å². The number of nitrogens with zero attached hydrogens (tertiary/aromatic N) is 4. The lowest BCUT2D eigenvalue weighted by molar-refractivity contribution is -0.122. The Morgan fingerprint density at radius 2 is 2.00 bits per heavy atom. The van der Waals surface area contributed by atoms with Crippen LogP contribution in [0.5, 0.6) is 0 Å². The van der Waals surface area contributed by atoms with Crippen LogP contribution in [0.15, 0.2) is 36.5 Å². The lowest BCUT2D eigenvalue weighted by Gasteiger charge is -2.35. The van der Waals surface area contributed by atoms with Crippen molar-refractivity contribution in [3.05, 3.63) is 47.8 Å². The van der Waals surface area contributed by atoms with Gasteiger partial charge in [-0.05, 0) is 56.1 Å². The van der Waals surface area contributed by atoms with Gasteiger partial charge in [0.2, 0.25) is 5.91 Å². The molecule has 1 N–H and O–H groups in total. The Bertz CT molecular complexity index is 777. The number of hydrogen-bond donors (Lipinski definition) is 1. The van der Waals surface area contributed by atoms with Gasteiger partial charge in [-0.3, -0.25) is 14.8 Å². The highest BCUT2D eigenvalue weighted by molar-refractivity contribution is 5.99. The van der Waals surface area contributed by atoms with Crippen molar-refractivity contribution >= 4 is 11.6 Å². The molecular weight excluding hydrogens is 314 g/mol. The standard InChI is InChI=1S/C19H21N5O/c20-12-14-3-5-16(6-4-14)24-11-8-18(19(24)25)23-10-1-2-15(13-23)17-7-9-21-22-17/h3-7,9,15,18H,1-2,8,10-11,13H2,(H,21,22)/t15-,18+/m1/s1. The number of rotatable bonds is 3. The maximum absolute atomic E-state index is 13.0. The van der Waals surface area contributed by atoms with Crippen molar-refractivity contribution < 1.29 is 4.79 Å². The van der Waals surface area contributed by atoms with Crippen LogP contribution in [0.1, 0.15) is 36.4 Å². The Labute approximate surface area is 147 Å². The highest BCUT2D eigenvalue weighted by atomic mass is 16.2. The Balaban J connectivity index is 1.46. The predicted octanol–water partition coefficient (Wildman–Crippen LogP) is 2.27. The Morgan fingerprint density at radius 3 is 2.72 bits per heavy atom. The molecule has 2 atom stereocenters. The number of carbonyl (C=O) groups is 1. The van der Waals surface area contributed by atoms with Crippen LogP contribution < -0.4 is 4.90 Å². The first-order valence-corrected chi connectivity index (χ1v) is 8.81. The smallest absolute Gasteiger partial charge is 0.244 e. The van der Waals surface area contributed by atoms with Crippen LogP contribution in [0.25, 0.3) is 0 Å². The number of nitrogens with one attached hydrogen (secondary N) is 1. The second-order valence-corrected chi connectivity index (χ2v) is 6.80. The molecule has 2 saturated heterocycles. The lowest BCUT2D eigenvalue weighted by atomic mass is 9.93. The first-order chi connectivity index (χ1) is 12.3. The second kappa shape index (κ2) is 6.69. The first-order valence-electron chi connectivity index (χ1n) is 8.81. The minimum Gasteiger partial charge on any atom is -0.311 e. The summed E-state index contributed by atoms with van der Waals surface area (Å²) in [7, 11) is 0. The van der Waals surface area contributed by atoms with Crippen molar-refractivity contribution in [2.45, 2.75) is 31.2 Å². The highest BCUT2D eigenvalue weighted by Gasteiger charge is 2.38.